The van der Waals surface area contributed by atoms with E-state index in [9.17, 15) is 8.42 Å². The number of rotatable bonds is 2. The molecule has 2 aromatic rings. The van der Waals surface area contributed by atoms with E-state index in [0.717, 1.165) is 5.56 Å². The maximum atomic E-state index is 11.2. The Hall–Kier alpha value is -1.83. The maximum absolute atomic E-state index is 11.2. The highest BCUT2D eigenvalue weighted by atomic mass is 35.7. The summed E-state index contributed by atoms with van der Waals surface area (Å²) >= 11 is 0. The van der Waals surface area contributed by atoms with Crippen molar-refractivity contribution < 1.29 is 8.42 Å². The third-order valence-electron chi connectivity index (χ3n) is 2.48. The summed E-state index contributed by atoms with van der Waals surface area (Å²) in [5, 5.41) is 9.08. The van der Waals surface area contributed by atoms with Crippen LogP contribution in [0.4, 0.5) is 0 Å². The standard InChI is InChI=1S/C13H8ClNO2S/c14-18(16,17)12-6-7-13(11(8-12)9-15)10-4-2-1-3-5-10/h1-8H. The summed E-state index contributed by atoms with van der Waals surface area (Å²) in [4.78, 5) is -0.0691. The van der Waals surface area contributed by atoms with E-state index in [1.807, 2.05) is 36.4 Å². The number of nitriles is 1. The molecule has 0 aliphatic rings. The van der Waals surface area contributed by atoms with E-state index in [-0.39, 0.29) is 10.5 Å². The van der Waals surface area contributed by atoms with Crippen molar-refractivity contribution >= 4 is 19.7 Å². The zero-order valence-electron chi connectivity index (χ0n) is 9.17. The molecular weight excluding hydrogens is 270 g/mol. The highest BCUT2D eigenvalue weighted by molar-refractivity contribution is 8.13. The fourth-order valence-electron chi connectivity index (χ4n) is 1.64. The van der Waals surface area contributed by atoms with Gasteiger partial charge in [-0.15, -0.1) is 0 Å². The van der Waals surface area contributed by atoms with Crippen molar-refractivity contribution in [2.75, 3.05) is 0 Å². The highest BCUT2D eigenvalue weighted by Gasteiger charge is 2.13. The molecule has 0 spiro atoms. The summed E-state index contributed by atoms with van der Waals surface area (Å²) in [6, 6.07) is 15.5. The quantitative estimate of drug-likeness (QED) is 0.792. The van der Waals surface area contributed by atoms with Crippen LogP contribution in [-0.4, -0.2) is 8.42 Å². The van der Waals surface area contributed by atoms with Crippen molar-refractivity contribution in [3.8, 4) is 17.2 Å². The summed E-state index contributed by atoms with van der Waals surface area (Å²) in [5.41, 5.74) is 1.82. The zero-order valence-corrected chi connectivity index (χ0v) is 10.7. The summed E-state index contributed by atoms with van der Waals surface area (Å²) in [5.74, 6) is 0. The molecule has 90 valence electrons. The summed E-state index contributed by atoms with van der Waals surface area (Å²) in [6.45, 7) is 0. The molecule has 0 saturated carbocycles. The van der Waals surface area contributed by atoms with Crippen molar-refractivity contribution in [3.05, 3.63) is 54.1 Å². The Morgan fingerprint density at radius 2 is 1.72 bits per heavy atom. The Labute approximate surface area is 110 Å². The van der Waals surface area contributed by atoms with Crippen molar-refractivity contribution in [2.45, 2.75) is 4.90 Å². The molecule has 0 N–H and O–H groups in total. The van der Waals surface area contributed by atoms with Gasteiger partial charge in [0.05, 0.1) is 16.5 Å². The minimum Gasteiger partial charge on any atom is -0.207 e. The molecule has 0 aliphatic carbocycles. The lowest BCUT2D eigenvalue weighted by Gasteiger charge is -2.05. The lowest BCUT2D eigenvalue weighted by molar-refractivity contribution is 0.609. The van der Waals surface area contributed by atoms with Gasteiger partial charge in [0.2, 0.25) is 0 Å². The van der Waals surface area contributed by atoms with Gasteiger partial charge in [0.25, 0.3) is 9.05 Å². The molecule has 0 heterocycles. The first kappa shape index (κ1) is 12.6. The first-order chi connectivity index (χ1) is 8.52. The Bertz CT molecular complexity index is 718. The molecule has 18 heavy (non-hydrogen) atoms. The molecule has 0 bridgehead atoms. The van der Waals surface area contributed by atoms with Crippen LogP contribution in [0.25, 0.3) is 11.1 Å². The fraction of sp³-hybridized carbons (Fsp3) is 0. The summed E-state index contributed by atoms with van der Waals surface area (Å²) in [6.07, 6.45) is 0. The van der Waals surface area contributed by atoms with E-state index in [4.69, 9.17) is 15.9 Å². The highest BCUT2D eigenvalue weighted by Crippen LogP contribution is 2.26. The van der Waals surface area contributed by atoms with Crippen molar-refractivity contribution in [1.82, 2.24) is 0 Å². The number of hydrogen-bond donors (Lipinski definition) is 0. The smallest absolute Gasteiger partial charge is 0.207 e. The van der Waals surface area contributed by atoms with Crippen molar-refractivity contribution in [3.63, 3.8) is 0 Å². The first-order valence-corrected chi connectivity index (χ1v) is 7.37. The average molecular weight is 278 g/mol. The van der Waals surface area contributed by atoms with Crippen LogP contribution in [0.2, 0.25) is 0 Å². The van der Waals surface area contributed by atoms with Gasteiger partial charge in [-0.25, -0.2) is 8.42 Å². The molecule has 0 saturated heterocycles. The number of benzene rings is 2. The van der Waals surface area contributed by atoms with Crippen LogP contribution in [0.3, 0.4) is 0 Å². The fourth-order valence-corrected chi connectivity index (χ4v) is 2.41. The largest absolute Gasteiger partial charge is 0.261 e. The minimum atomic E-state index is -3.81. The summed E-state index contributed by atoms with van der Waals surface area (Å²) in [7, 11) is 1.44. The van der Waals surface area contributed by atoms with E-state index >= 15 is 0 Å². The maximum Gasteiger partial charge on any atom is 0.261 e. The van der Waals surface area contributed by atoms with Crippen LogP contribution in [0, 0.1) is 11.3 Å². The molecule has 0 fully saturated rings. The van der Waals surface area contributed by atoms with E-state index in [0.29, 0.717) is 5.56 Å². The number of hydrogen-bond acceptors (Lipinski definition) is 3. The predicted molar refractivity (Wildman–Crippen MR) is 69.6 cm³/mol. The molecule has 3 nitrogen and oxygen atoms in total. The van der Waals surface area contributed by atoms with Gasteiger partial charge in [-0.2, -0.15) is 5.26 Å². The molecule has 0 atom stereocenters. The average Bonchev–Trinajstić information content (AvgIpc) is 2.38. The Balaban J connectivity index is 2.63. The molecule has 0 unspecified atom stereocenters. The lowest BCUT2D eigenvalue weighted by Crippen LogP contribution is -1.93. The van der Waals surface area contributed by atoms with Crippen LogP contribution in [0.1, 0.15) is 5.56 Å². The third kappa shape index (κ3) is 2.53. The third-order valence-corrected chi connectivity index (χ3v) is 3.83. The van der Waals surface area contributed by atoms with Crippen LogP contribution in [0.15, 0.2) is 53.4 Å². The van der Waals surface area contributed by atoms with E-state index < -0.39 is 9.05 Å². The number of halogens is 1. The van der Waals surface area contributed by atoms with Gasteiger partial charge in [0.1, 0.15) is 0 Å². The molecular formula is C13H8ClNO2S. The van der Waals surface area contributed by atoms with Crippen molar-refractivity contribution in [1.29, 1.82) is 5.26 Å². The van der Waals surface area contributed by atoms with Gasteiger partial charge < -0.3 is 0 Å². The second-order valence-corrected chi connectivity index (χ2v) is 6.19. The Morgan fingerprint density at radius 3 is 2.28 bits per heavy atom. The lowest BCUT2D eigenvalue weighted by atomic mass is 10.0. The monoisotopic (exact) mass is 277 g/mol. The molecule has 2 rings (SSSR count). The van der Waals surface area contributed by atoms with Crippen LogP contribution in [0.5, 0.6) is 0 Å². The van der Waals surface area contributed by atoms with Gasteiger partial charge in [-0.05, 0) is 23.3 Å². The van der Waals surface area contributed by atoms with Crippen LogP contribution >= 0.6 is 10.7 Å². The van der Waals surface area contributed by atoms with Gasteiger partial charge in [0, 0.05) is 10.7 Å². The van der Waals surface area contributed by atoms with Gasteiger partial charge in [0.15, 0.2) is 0 Å². The van der Waals surface area contributed by atoms with Crippen molar-refractivity contribution in [2.24, 2.45) is 0 Å². The zero-order chi connectivity index (χ0) is 13.2. The minimum absolute atomic E-state index is 0.0691. The number of nitrogens with zero attached hydrogens (tertiary/aromatic N) is 1. The molecule has 0 aromatic heterocycles. The predicted octanol–water partition coefficient (Wildman–Crippen LogP) is 3.15. The second-order valence-electron chi connectivity index (χ2n) is 3.62. The molecule has 0 amide bonds. The van der Waals surface area contributed by atoms with Crippen LogP contribution < -0.4 is 0 Å². The first-order valence-electron chi connectivity index (χ1n) is 5.06. The van der Waals surface area contributed by atoms with E-state index in [2.05, 4.69) is 0 Å². The molecule has 0 radical (unpaired) electrons. The Morgan fingerprint density at radius 1 is 1.06 bits per heavy atom. The Kier molecular flexibility index (Phi) is 3.37. The van der Waals surface area contributed by atoms with Gasteiger partial charge >= 0.3 is 0 Å². The van der Waals surface area contributed by atoms with Crippen LogP contribution in [-0.2, 0) is 9.05 Å². The topological polar surface area (TPSA) is 57.9 Å². The van der Waals surface area contributed by atoms with E-state index in [1.165, 1.54) is 12.1 Å². The van der Waals surface area contributed by atoms with Gasteiger partial charge in [-0.1, -0.05) is 36.4 Å². The normalized spacial score (nSPS) is 10.9. The molecule has 2 aromatic carbocycles. The molecule has 5 heteroatoms. The summed E-state index contributed by atoms with van der Waals surface area (Å²) < 4.78 is 22.4. The SMILES string of the molecule is N#Cc1cc(S(=O)(=O)Cl)ccc1-c1ccccc1. The molecule has 0 aliphatic heterocycles. The van der Waals surface area contributed by atoms with Gasteiger partial charge in [-0.3, -0.25) is 0 Å². The second kappa shape index (κ2) is 4.81. The van der Waals surface area contributed by atoms with E-state index in [1.54, 1.807) is 6.07 Å².